The minimum atomic E-state index is -0.493. The molecule has 138 valence electrons. The van der Waals surface area contributed by atoms with Crippen molar-refractivity contribution < 1.29 is 9.90 Å². The predicted octanol–water partition coefficient (Wildman–Crippen LogP) is 3.87. The lowest BCUT2D eigenvalue weighted by Crippen LogP contribution is -2.65. The smallest absolute Gasteiger partial charge is 0.223 e. The van der Waals surface area contributed by atoms with Crippen LogP contribution in [0.1, 0.15) is 62.5 Å². The zero-order valence-electron chi connectivity index (χ0n) is 15.7. The number of fused-ring (bicyclic) bond motifs is 1. The molecule has 6 rings (SSSR count). The summed E-state index contributed by atoms with van der Waals surface area (Å²) in [5.74, 6) is 1.09. The van der Waals surface area contributed by atoms with Crippen LogP contribution in [0, 0.1) is 12.8 Å². The number of carbonyl (C=O) groups is 1. The molecule has 2 N–H and O–H groups in total. The Morgan fingerprint density at radius 1 is 1.31 bits per heavy atom. The first kappa shape index (κ1) is 16.4. The van der Waals surface area contributed by atoms with Crippen molar-refractivity contribution in [2.24, 2.45) is 5.92 Å². The average molecular weight is 352 g/mol. The molecular weight excluding hydrogens is 324 g/mol. The Labute approximate surface area is 154 Å². The highest BCUT2D eigenvalue weighted by Gasteiger charge is 2.54. The predicted molar refractivity (Wildman–Crippen MR) is 102 cm³/mol. The number of rotatable bonds is 3. The molecule has 2 saturated heterocycles. The van der Waals surface area contributed by atoms with Crippen LogP contribution < -0.4 is 0 Å². The SMILES string of the molecule is Cc1ccc2[nH]cc(C(C)CC(=O)N3C4CC5CC3CC(O)(C5)C4)c2c1. The van der Waals surface area contributed by atoms with Gasteiger partial charge in [-0.25, -0.2) is 0 Å². The molecule has 0 spiro atoms. The largest absolute Gasteiger partial charge is 0.390 e. The van der Waals surface area contributed by atoms with Crippen LogP contribution in [0.4, 0.5) is 0 Å². The molecule has 2 aliphatic carbocycles. The molecule has 1 aromatic heterocycles. The van der Waals surface area contributed by atoms with Crippen LogP contribution in [0.5, 0.6) is 0 Å². The third kappa shape index (κ3) is 2.50. The average Bonchev–Trinajstić information content (AvgIpc) is 2.95. The second-order valence-electron chi connectivity index (χ2n) is 9.18. The van der Waals surface area contributed by atoms with Crippen molar-refractivity contribution in [3.63, 3.8) is 0 Å². The van der Waals surface area contributed by atoms with Gasteiger partial charge in [0.05, 0.1) is 5.60 Å². The Balaban J connectivity index is 1.36. The van der Waals surface area contributed by atoms with Crippen LogP contribution in [-0.2, 0) is 4.79 Å². The quantitative estimate of drug-likeness (QED) is 0.881. The van der Waals surface area contributed by atoms with Crippen molar-refractivity contribution in [2.45, 2.75) is 76.0 Å². The summed E-state index contributed by atoms with van der Waals surface area (Å²) in [6.07, 6.45) is 7.32. The molecular formula is C22H28N2O2. The van der Waals surface area contributed by atoms with Crippen LogP contribution in [0.2, 0.25) is 0 Å². The van der Waals surface area contributed by atoms with Gasteiger partial charge in [0, 0.05) is 35.6 Å². The monoisotopic (exact) mass is 352 g/mol. The van der Waals surface area contributed by atoms with E-state index < -0.39 is 5.60 Å². The van der Waals surface area contributed by atoms with E-state index in [2.05, 4.69) is 48.1 Å². The number of hydrogen-bond acceptors (Lipinski definition) is 2. The molecule has 3 heterocycles. The summed E-state index contributed by atoms with van der Waals surface area (Å²) in [5.41, 5.74) is 3.13. The molecule has 2 aliphatic heterocycles. The summed E-state index contributed by atoms with van der Waals surface area (Å²) in [6, 6.07) is 6.96. The number of nitrogens with one attached hydrogen (secondary N) is 1. The summed E-state index contributed by atoms with van der Waals surface area (Å²) in [7, 11) is 0. The van der Waals surface area contributed by atoms with Gasteiger partial charge in [0.2, 0.25) is 5.91 Å². The highest BCUT2D eigenvalue weighted by atomic mass is 16.3. The van der Waals surface area contributed by atoms with Gasteiger partial charge < -0.3 is 15.0 Å². The van der Waals surface area contributed by atoms with E-state index in [1.54, 1.807) is 0 Å². The molecule has 2 aromatic rings. The topological polar surface area (TPSA) is 56.3 Å². The summed E-state index contributed by atoms with van der Waals surface area (Å²) in [6.45, 7) is 4.27. The van der Waals surface area contributed by atoms with Crippen molar-refractivity contribution in [1.29, 1.82) is 0 Å². The normalized spacial score (nSPS) is 33.8. The van der Waals surface area contributed by atoms with Crippen LogP contribution in [0.15, 0.2) is 24.4 Å². The number of benzene rings is 1. The number of H-pyrrole nitrogens is 1. The van der Waals surface area contributed by atoms with Gasteiger partial charge >= 0.3 is 0 Å². The number of carbonyl (C=O) groups excluding carboxylic acids is 1. The molecule has 4 aliphatic rings. The number of aryl methyl sites for hydroxylation is 1. The number of piperidine rings is 2. The first-order chi connectivity index (χ1) is 12.4. The second kappa shape index (κ2) is 5.59. The molecule has 0 radical (unpaired) electrons. The summed E-state index contributed by atoms with van der Waals surface area (Å²) >= 11 is 0. The van der Waals surface area contributed by atoms with Gasteiger partial charge in [-0.3, -0.25) is 4.79 Å². The summed E-state index contributed by atoms with van der Waals surface area (Å²) in [5, 5.41) is 12.0. The number of amides is 1. The van der Waals surface area contributed by atoms with Crippen molar-refractivity contribution >= 4 is 16.8 Å². The Kier molecular flexibility index (Phi) is 3.52. The molecule has 1 amide bonds. The maximum atomic E-state index is 13.2. The van der Waals surface area contributed by atoms with E-state index in [1.807, 2.05) is 0 Å². The molecule has 3 unspecified atom stereocenters. The van der Waals surface area contributed by atoms with Gasteiger partial charge in [0.15, 0.2) is 0 Å². The molecule has 4 bridgehead atoms. The van der Waals surface area contributed by atoms with Crippen LogP contribution >= 0.6 is 0 Å². The molecule has 26 heavy (non-hydrogen) atoms. The standard InChI is InChI=1S/C22H28N2O2/c1-13-3-4-20-18(5-13)19(12-23-20)14(2)6-21(25)24-16-7-15-8-17(24)11-22(26,9-15)10-16/h3-5,12,14-17,23,26H,6-11H2,1-2H3. The van der Waals surface area contributed by atoms with E-state index in [1.165, 1.54) is 16.5 Å². The fraction of sp³-hybridized carbons (Fsp3) is 0.591. The number of aromatic nitrogens is 1. The molecule has 2 saturated carbocycles. The first-order valence-electron chi connectivity index (χ1n) is 10.0. The van der Waals surface area contributed by atoms with E-state index >= 15 is 0 Å². The minimum Gasteiger partial charge on any atom is -0.390 e. The lowest BCUT2D eigenvalue weighted by molar-refractivity contribution is -0.174. The third-order valence-electron chi connectivity index (χ3n) is 7.07. The number of aliphatic hydroxyl groups is 1. The number of hydrogen-bond donors (Lipinski definition) is 2. The number of aromatic amines is 1. The van der Waals surface area contributed by atoms with Crippen molar-refractivity contribution in [1.82, 2.24) is 9.88 Å². The van der Waals surface area contributed by atoms with Crippen molar-refractivity contribution in [3.05, 3.63) is 35.5 Å². The Morgan fingerprint density at radius 3 is 2.73 bits per heavy atom. The minimum absolute atomic E-state index is 0.193. The zero-order valence-corrected chi connectivity index (χ0v) is 15.7. The van der Waals surface area contributed by atoms with E-state index in [9.17, 15) is 9.90 Å². The first-order valence-corrected chi connectivity index (χ1v) is 10.0. The molecule has 4 heteroatoms. The van der Waals surface area contributed by atoms with E-state index in [4.69, 9.17) is 0 Å². The third-order valence-corrected chi connectivity index (χ3v) is 7.07. The lowest BCUT2D eigenvalue weighted by atomic mass is 9.61. The van der Waals surface area contributed by atoms with E-state index in [0.717, 1.165) is 37.6 Å². The molecule has 4 fully saturated rings. The Hall–Kier alpha value is -1.81. The summed E-state index contributed by atoms with van der Waals surface area (Å²) in [4.78, 5) is 18.7. The highest BCUT2D eigenvalue weighted by molar-refractivity contribution is 5.86. The van der Waals surface area contributed by atoms with Gasteiger partial charge in [-0.05, 0) is 68.6 Å². The fourth-order valence-corrected chi connectivity index (χ4v) is 6.13. The zero-order chi connectivity index (χ0) is 18.1. The Morgan fingerprint density at radius 2 is 2.04 bits per heavy atom. The Bertz CT molecular complexity index is 854. The van der Waals surface area contributed by atoms with Crippen LogP contribution in [0.25, 0.3) is 10.9 Å². The molecule has 1 aromatic carbocycles. The summed E-state index contributed by atoms with van der Waals surface area (Å²) < 4.78 is 0. The lowest BCUT2D eigenvalue weighted by Gasteiger charge is -2.59. The maximum Gasteiger partial charge on any atom is 0.223 e. The maximum absolute atomic E-state index is 13.2. The van der Waals surface area contributed by atoms with Crippen molar-refractivity contribution in [3.8, 4) is 0 Å². The van der Waals surface area contributed by atoms with Crippen LogP contribution in [-0.4, -0.2) is 38.6 Å². The highest BCUT2D eigenvalue weighted by Crippen LogP contribution is 2.51. The molecule has 3 atom stereocenters. The number of nitrogens with zero attached hydrogens (tertiary/aromatic N) is 1. The van der Waals surface area contributed by atoms with Gasteiger partial charge in [0.25, 0.3) is 0 Å². The van der Waals surface area contributed by atoms with Gasteiger partial charge in [-0.15, -0.1) is 0 Å². The van der Waals surface area contributed by atoms with Gasteiger partial charge in [-0.1, -0.05) is 18.6 Å². The second-order valence-corrected chi connectivity index (χ2v) is 9.18. The fourth-order valence-electron chi connectivity index (χ4n) is 6.13. The van der Waals surface area contributed by atoms with Gasteiger partial charge in [0.1, 0.15) is 0 Å². The molecule has 4 nitrogen and oxygen atoms in total. The van der Waals surface area contributed by atoms with E-state index in [0.29, 0.717) is 12.3 Å². The van der Waals surface area contributed by atoms with Crippen LogP contribution in [0.3, 0.4) is 0 Å². The van der Waals surface area contributed by atoms with Gasteiger partial charge in [-0.2, -0.15) is 0 Å². The van der Waals surface area contributed by atoms with Crippen molar-refractivity contribution in [2.75, 3.05) is 0 Å². The van der Waals surface area contributed by atoms with E-state index in [-0.39, 0.29) is 23.9 Å².